The third kappa shape index (κ3) is 6.83. The van der Waals surface area contributed by atoms with Crippen LogP contribution in [0.1, 0.15) is 18.4 Å². The average Bonchev–Trinajstić information content (AvgIpc) is 2.63. The quantitative estimate of drug-likeness (QED) is 0.787. The van der Waals surface area contributed by atoms with Gasteiger partial charge in [-0.1, -0.05) is 24.3 Å². The van der Waals surface area contributed by atoms with Crippen molar-refractivity contribution in [1.29, 1.82) is 0 Å². The molecule has 0 aliphatic carbocycles. The van der Waals surface area contributed by atoms with E-state index in [4.69, 9.17) is 0 Å². The molecule has 0 unspecified atom stereocenters. The molecule has 2 N–H and O–H groups in total. The fourth-order valence-electron chi connectivity index (χ4n) is 3.01. The van der Waals surface area contributed by atoms with Gasteiger partial charge in [0.05, 0.1) is 6.54 Å². The number of pyridine rings is 1. The second-order valence-electron chi connectivity index (χ2n) is 6.16. The van der Waals surface area contributed by atoms with Crippen LogP contribution in [0.3, 0.4) is 0 Å². The summed E-state index contributed by atoms with van der Waals surface area (Å²) >= 11 is 0. The number of amides is 1. The molecule has 0 bridgehead atoms. The first-order valence-corrected chi connectivity index (χ1v) is 8.50. The minimum atomic E-state index is 0. The number of para-hydroxylation sites is 1. The van der Waals surface area contributed by atoms with E-state index in [1.54, 1.807) is 6.20 Å². The summed E-state index contributed by atoms with van der Waals surface area (Å²) in [6, 6.07) is 14.2. The van der Waals surface area contributed by atoms with E-state index < -0.39 is 0 Å². The largest absolute Gasteiger partial charge is 0.358 e. The second-order valence-corrected chi connectivity index (χ2v) is 6.16. The van der Waals surface area contributed by atoms with Crippen molar-refractivity contribution in [1.82, 2.24) is 15.6 Å². The Hall–Kier alpha value is -1.82. The van der Waals surface area contributed by atoms with Gasteiger partial charge in [-0.05, 0) is 43.1 Å². The molecule has 7 heteroatoms. The van der Waals surface area contributed by atoms with Crippen LogP contribution in [0.2, 0.25) is 0 Å². The summed E-state index contributed by atoms with van der Waals surface area (Å²) in [5.74, 6) is 0.0662. The van der Waals surface area contributed by atoms with Crippen molar-refractivity contribution in [2.24, 2.45) is 0 Å². The van der Waals surface area contributed by atoms with Gasteiger partial charge in [-0.2, -0.15) is 0 Å². The molecule has 3 rings (SSSR count). The van der Waals surface area contributed by atoms with Crippen LogP contribution in [0.25, 0.3) is 0 Å². The normalized spacial score (nSPS) is 15.9. The lowest BCUT2D eigenvalue weighted by Gasteiger charge is -2.27. The lowest BCUT2D eigenvalue weighted by atomic mass is 10.1. The minimum Gasteiger partial charge on any atom is -0.358 e. The van der Waals surface area contributed by atoms with E-state index in [1.807, 2.05) is 48.7 Å². The van der Waals surface area contributed by atoms with E-state index in [9.17, 15) is 4.79 Å². The summed E-state index contributed by atoms with van der Waals surface area (Å²) < 4.78 is 0. The van der Waals surface area contributed by atoms with Crippen molar-refractivity contribution < 1.29 is 4.79 Å². The fraction of sp³-hybridized carbons (Fsp3) is 0.368. The van der Waals surface area contributed by atoms with E-state index in [-0.39, 0.29) is 36.8 Å². The Balaban J connectivity index is 0.00000169. The van der Waals surface area contributed by atoms with Crippen molar-refractivity contribution >= 4 is 36.4 Å². The first-order chi connectivity index (χ1) is 11.8. The van der Waals surface area contributed by atoms with Crippen LogP contribution in [-0.4, -0.2) is 36.6 Å². The molecule has 142 valence electrons. The summed E-state index contributed by atoms with van der Waals surface area (Å²) in [5, 5.41) is 6.47. The summed E-state index contributed by atoms with van der Waals surface area (Å²) in [4.78, 5) is 18.7. The van der Waals surface area contributed by atoms with E-state index in [0.717, 1.165) is 37.2 Å². The van der Waals surface area contributed by atoms with Crippen molar-refractivity contribution in [3.8, 4) is 0 Å². The Morgan fingerprint density at radius 2 is 2.00 bits per heavy atom. The number of rotatable bonds is 6. The molecule has 1 atom stereocenters. The Morgan fingerprint density at radius 3 is 2.65 bits per heavy atom. The van der Waals surface area contributed by atoms with E-state index in [1.165, 1.54) is 0 Å². The number of hydrogen-bond acceptors (Lipinski definition) is 4. The molecule has 1 fully saturated rings. The third-order valence-electron chi connectivity index (χ3n) is 4.21. The first-order valence-electron chi connectivity index (χ1n) is 8.50. The number of nitrogens with one attached hydrogen (secondary N) is 2. The molecule has 0 spiro atoms. The first kappa shape index (κ1) is 22.2. The highest BCUT2D eigenvalue weighted by Crippen LogP contribution is 2.16. The van der Waals surface area contributed by atoms with Crippen molar-refractivity contribution in [3.05, 3.63) is 60.4 Å². The fourth-order valence-corrected chi connectivity index (χ4v) is 3.01. The smallest absolute Gasteiger partial charge is 0.239 e. The average molecular weight is 397 g/mol. The van der Waals surface area contributed by atoms with E-state index >= 15 is 0 Å². The lowest BCUT2D eigenvalue weighted by Crippen LogP contribution is -2.48. The van der Waals surface area contributed by atoms with Crippen LogP contribution in [0.4, 0.5) is 5.69 Å². The van der Waals surface area contributed by atoms with Crippen molar-refractivity contribution in [2.75, 3.05) is 24.5 Å². The summed E-state index contributed by atoms with van der Waals surface area (Å²) in [6.07, 6.45) is 5.77. The van der Waals surface area contributed by atoms with Crippen LogP contribution in [0, 0.1) is 0 Å². The highest BCUT2D eigenvalue weighted by molar-refractivity contribution is 5.85. The molecular weight excluding hydrogens is 371 g/mol. The number of nitrogens with zero attached hydrogens (tertiary/aromatic N) is 2. The van der Waals surface area contributed by atoms with Gasteiger partial charge in [-0.25, -0.2) is 0 Å². The molecule has 5 nitrogen and oxygen atoms in total. The standard InChI is InChI=1S/C19H24N4O.2ClH/c24-19(22-17-7-5-11-21-13-17)15-23(18-8-2-1-3-9-18)14-16-6-4-10-20-12-16;;/h1-4,6,8-10,12,17,21H,5,7,11,13-15H2,(H,22,24);2*1H/t17-;;/m0../s1. The number of aromatic nitrogens is 1. The minimum absolute atomic E-state index is 0. The zero-order chi connectivity index (χ0) is 16.6. The topological polar surface area (TPSA) is 57.3 Å². The van der Waals surface area contributed by atoms with Gasteiger partial charge >= 0.3 is 0 Å². The van der Waals surface area contributed by atoms with Gasteiger partial charge in [0, 0.05) is 37.2 Å². The highest BCUT2D eigenvalue weighted by atomic mass is 35.5. The number of piperidine rings is 1. The van der Waals surface area contributed by atoms with Crippen molar-refractivity contribution in [3.63, 3.8) is 0 Å². The molecule has 0 radical (unpaired) electrons. The number of benzene rings is 1. The van der Waals surface area contributed by atoms with Gasteiger partial charge < -0.3 is 15.5 Å². The number of anilines is 1. The zero-order valence-corrected chi connectivity index (χ0v) is 16.3. The number of carbonyl (C=O) groups is 1. The Bertz CT molecular complexity index is 637. The second kappa shape index (κ2) is 11.7. The molecular formula is C19H26Cl2N4O. The van der Waals surface area contributed by atoms with Gasteiger partial charge in [0.2, 0.25) is 5.91 Å². The number of halogens is 2. The third-order valence-corrected chi connectivity index (χ3v) is 4.21. The van der Waals surface area contributed by atoms with Gasteiger partial charge in [-0.3, -0.25) is 9.78 Å². The van der Waals surface area contributed by atoms with Crippen molar-refractivity contribution in [2.45, 2.75) is 25.4 Å². The zero-order valence-electron chi connectivity index (χ0n) is 14.6. The predicted molar refractivity (Wildman–Crippen MR) is 110 cm³/mol. The molecule has 0 saturated carbocycles. The SMILES string of the molecule is Cl.Cl.O=C(CN(Cc1cccnc1)c1ccccc1)N[C@H]1CCCNC1. The van der Waals surface area contributed by atoms with Gasteiger partial charge in [0.25, 0.3) is 0 Å². The molecule has 1 aliphatic rings. The summed E-state index contributed by atoms with van der Waals surface area (Å²) in [7, 11) is 0. The molecule has 1 aromatic heterocycles. The highest BCUT2D eigenvalue weighted by Gasteiger charge is 2.18. The van der Waals surface area contributed by atoms with Gasteiger partial charge in [0.15, 0.2) is 0 Å². The molecule has 1 amide bonds. The predicted octanol–water partition coefficient (Wildman–Crippen LogP) is 2.80. The van der Waals surface area contributed by atoms with Crippen LogP contribution < -0.4 is 15.5 Å². The van der Waals surface area contributed by atoms with Gasteiger partial charge in [0.1, 0.15) is 0 Å². The molecule has 2 heterocycles. The lowest BCUT2D eigenvalue weighted by molar-refractivity contribution is -0.120. The van der Waals surface area contributed by atoms with Crippen LogP contribution in [0.15, 0.2) is 54.9 Å². The van der Waals surface area contributed by atoms with Gasteiger partial charge in [-0.15, -0.1) is 24.8 Å². The molecule has 1 saturated heterocycles. The van der Waals surface area contributed by atoms with E-state index in [2.05, 4.69) is 20.5 Å². The number of carbonyl (C=O) groups excluding carboxylic acids is 1. The van der Waals surface area contributed by atoms with Crippen LogP contribution >= 0.6 is 24.8 Å². The maximum atomic E-state index is 12.5. The summed E-state index contributed by atoms with van der Waals surface area (Å²) in [6.45, 7) is 2.91. The Morgan fingerprint density at radius 1 is 1.19 bits per heavy atom. The molecule has 1 aromatic carbocycles. The molecule has 26 heavy (non-hydrogen) atoms. The van der Waals surface area contributed by atoms with Crippen LogP contribution in [0.5, 0.6) is 0 Å². The van der Waals surface area contributed by atoms with E-state index in [0.29, 0.717) is 13.1 Å². The monoisotopic (exact) mass is 396 g/mol. The Kier molecular flexibility index (Phi) is 10.0. The maximum absolute atomic E-state index is 12.5. The molecule has 1 aliphatic heterocycles. The molecule has 2 aromatic rings. The summed E-state index contributed by atoms with van der Waals surface area (Å²) in [5.41, 5.74) is 2.13. The maximum Gasteiger partial charge on any atom is 0.239 e. The van der Waals surface area contributed by atoms with Crippen LogP contribution in [-0.2, 0) is 11.3 Å². The Labute approximate surface area is 167 Å². The number of hydrogen-bond donors (Lipinski definition) is 2.